The van der Waals surface area contributed by atoms with Crippen LogP contribution in [0.5, 0.6) is 0 Å². The van der Waals surface area contributed by atoms with Crippen LogP contribution in [0, 0.1) is 0 Å². The van der Waals surface area contributed by atoms with E-state index in [1.807, 2.05) is 13.8 Å². The Morgan fingerprint density at radius 1 is 1.26 bits per heavy atom. The number of rotatable bonds is 11. The number of likely N-dealkylation sites (N-methyl/N-ethyl adjacent to an activating group) is 1. The smallest absolute Gasteiger partial charge is 0.325 e. The lowest BCUT2D eigenvalue weighted by Gasteiger charge is -2.29. The van der Waals surface area contributed by atoms with E-state index in [-0.39, 0.29) is 12.1 Å². The van der Waals surface area contributed by atoms with Gasteiger partial charge in [0.15, 0.2) is 0 Å². The molecule has 0 aliphatic heterocycles. The molecular formula is C15H31NO3. The third-order valence-electron chi connectivity index (χ3n) is 3.53. The Labute approximate surface area is 118 Å². The van der Waals surface area contributed by atoms with Crippen LogP contribution < -0.4 is 5.32 Å². The fourth-order valence-corrected chi connectivity index (χ4v) is 2.14. The topological polar surface area (TPSA) is 47.6 Å². The predicted octanol–water partition coefficient (Wildman–Crippen LogP) is 2.90. The zero-order valence-electron chi connectivity index (χ0n) is 13.3. The molecule has 0 aromatic rings. The van der Waals surface area contributed by atoms with Gasteiger partial charge < -0.3 is 14.8 Å². The van der Waals surface area contributed by atoms with Crippen molar-refractivity contribution in [2.75, 3.05) is 20.8 Å². The first kappa shape index (κ1) is 18.4. The van der Waals surface area contributed by atoms with Crippen molar-refractivity contribution in [1.82, 2.24) is 5.32 Å². The van der Waals surface area contributed by atoms with Crippen LogP contribution in [0.4, 0.5) is 0 Å². The number of carbonyl (C=O) groups excluding carboxylic acids is 1. The molecule has 0 radical (unpaired) electrons. The van der Waals surface area contributed by atoms with Gasteiger partial charge in [0.1, 0.15) is 5.54 Å². The second-order valence-electron chi connectivity index (χ2n) is 5.37. The van der Waals surface area contributed by atoms with Crippen molar-refractivity contribution in [3.63, 3.8) is 0 Å². The third kappa shape index (κ3) is 7.53. The van der Waals surface area contributed by atoms with E-state index in [2.05, 4.69) is 12.2 Å². The summed E-state index contributed by atoms with van der Waals surface area (Å²) in [5.74, 6) is -0.242. The van der Waals surface area contributed by atoms with Gasteiger partial charge in [-0.25, -0.2) is 0 Å². The number of ether oxygens (including phenoxy) is 2. The maximum absolute atomic E-state index is 11.7. The number of nitrogens with one attached hydrogen (secondary N) is 1. The van der Waals surface area contributed by atoms with Crippen LogP contribution >= 0.6 is 0 Å². The van der Waals surface area contributed by atoms with Gasteiger partial charge >= 0.3 is 5.97 Å². The van der Waals surface area contributed by atoms with Gasteiger partial charge in [-0.05, 0) is 27.3 Å². The fraction of sp³-hybridized carbons (Fsp3) is 0.933. The Bertz CT molecular complexity index is 246. The molecule has 0 aromatic heterocycles. The Hall–Kier alpha value is -0.610. The molecule has 0 aliphatic rings. The third-order valence-corrected chi connectivity index (χ3v) is 3.53. The summed E-state index contributed by atoms with van der Waals surface area (Å²) in [6, 6.07) is 0. The van der Waals surface area contributed by atoms with Crippen molar-refractivity contribution >= 4 is 5.97 Å². The van der Waals surface area contributed by atoms with E-state index < -0.39 is 5.54 Å². The lowest BCUT2D eigenvalue weighted by molar-refractivity contribution is -0.149. The number of esters is 1. The first-order valence-electron chi connectivity index (χ1n) is 7.39. The van der Waals surface area contributed by atoms with Gasteiger partial charge in [0.05, 0.1) is 13.2 Å². The fourth-order valence-electron chi connectivity index (χ4n) is 2.14. The molecule has 0 heterocycles. The summed E-state index contributed by atoms with van der Waals surface area (Å²) in [5.41, 5.74) is -0.670. The largest absolute Gasteiger partial charge is 0.468 e. The lowest BCUT2D eigenvalue weighted by Crippen LogP contribution is -2.50. The zero-order valence-corrected chi connectivity index (χ0v) is 13.3. The standard InChI is InChI=1S/C15H31NO3/c1-6-7-8-9-10-11-19-13(2)12-15(3,16-4)14(17)18-5/h13,16H,6-12H2,1-5H3. The van der Waals surface area contributed by atoms with Crippen molar-refractivity contribution < 1.29 is 14.3 Å². The van der Waals surface area contributed by atoms with Gasteiger partial charge in [-0.2, -0.15) is 0 Å². The molecule has 0 saturated carbocycles. The number of hydrogen-bond acceptors (Lipinski definition) is 4. The zero-order chi connectivity index (χ0) is 14.7. The van der Waals surface area contributed by atoms with Crippen molar-refractivity contribution in [3.8, 4) is 0 Å². The Kier molecular flexibility index (Phi) is 9.88. The van der Waals surface area contributed by atoms with E-state index in [1.54, 1.807) is 7.05 Å². The van der Waals surface area contributed by atoms with Crippen molar-refractivity contribution in [3.05, 3.63) is 0 Å². The molecule has 0 rings (SSSR count). The van der Waals surface area contributed by atoms with Gasteiger partial charge in [-0.1, -0.05) is 32.6 Å². The molecule has 0 aromatic carbocycles. The molecule has 114 valence electrons. The summed E-state index contributed by atoms with van der Waals surface area (Å²) in [6.07, 6.45) is 6.82. The van der Waals surface area contributed by atoms with Crippen molar-refractivity contribution in [1.29, 1.82) is 0 Å². The van der Waals surface area contributed by atoms with Gasteiger partial charge in [0.2, 0.25) is 0 Å². The molecule has 0 fully saturated rings. The van der Waals surface area contributed by atoms with E-state index in [4.69, 9.17) is 9.47 Å². The van der Waals surface area contributed by atoms with Gasteiger partial charge in [0, 0.05) is 13.0 Å². The highest BCUT2D eigenvalue weighted by Gasteiger charge is 2.34. The van der Waals surface area contributed by atoms with Crippen molar-refractivity contribution in [2.24, 2.45) is 0 Å². The highest BCUT2D eigenvalue weighted by molar-refractivity contribution is 5.80. The molecule has 19 heavy (non-hydrogen) atoms. The summed E-state index contributed by atoms with van der Waals surface area (Å²) in [4.78, 5) is 11.7. The summed E-state index contributed by atoms with van der Waals surface area (Å²) in [6.45, 7) is 6.83. The summed E-state index contributed by atoms with van der Waals surface area (Å²) in [7, 11) is 3.19. The molecule has 2 atom stereocenters. The molecule has 2 unspecified atom stereocenters. The number of methoxy groups -OCH3 is 1. The molecule has 0 saturated heterocycles. The molecule has 4 nitrogen and oxygen atoms in total. The number of unbranched alkanes of at least 4 members (excludes halogenated alkanes) is 4. The molecule has 0 amide bonds. The van der Waals surface area contributed by atoms with Gasteiger partial charge in [-0.3, -0.25) is 4.79 Å². The molecular weight excluding hydrogens is 242 g/mol. The van der Waals surface area contributed by atoms with E-state index in [9.17, 15) is 4.79 Å². The quantitative estimate of drug-likeness (QED) is 0.464. The predicted molar refractivity (Wildman–Crippen MR) is 78.3 cm³/mol. The summed E-state index contributed by atoms with van der Waals surface area (Å²) < 4.78 is 10.6. The summed E-state index contributed by atoms with van der Waals surface area (Å²) >= 11 is 0. The minimum Gasteiger partial charge on any atom is -0.468 e. The van der Waals surface area contributed by atoms with E-state index in [0.29, 0.717) is 6.42 Å². The normalized spacial score (nSPS) is 15.8. The van der Waals surface area contributed by atoms with Gasteiger partial charge in [0.25, 0.3) is 0 Å². The Morgan fingerprint density at radius 2 is 1.89 bits per heavy atom. The van der Waals surface area contributed by atoms with E-state index >= 15 is 0 Å². The molecule has 4 heteroatoms. The highest BCUT2D eigenvalue weighted by Crippen LogP contribution is 2.16. The van der Waals surface area contributed by atoms with Crippen LogP contribution in [0.2, 0.25) is 0 Å². The van der Waals surface area contributed by atoms with Gasteiger partial charge in [-0.15, -0.1) is 0 Å². The molecule has 0 bridgehead atoms. The monoisotopic (exact) mass is 273 g/mol. The minimum atomic E-state index is -0.670. The number of carbonyl (C=O) groups is 1. The molecule has 0 spiro atoms. The van der Waals surface area contributed by atoms with Crippen molar-refractivity contribution in [2.45, 2.75) is 70.9 Å². The van der Waals surface area contributed by atoms with E-state index in [0.717, 1.165) is 13.0 Å². The second kappa shape index (κ2) is 10.2. The van der Waals surface area contributed by atoms with Crippen LogP contribution in [0.3, 0.4) is 0 Å². The lowest BCUT2D eigenvalue weighted by atomic mass is 9.95. The molecule has 1 N–H and O–H groups in total. The van der Waals surface area contributed by atoms with Crippen LogP contribution in [0.15, 0.2) is 0 Å². The van der Waals surface area contributed by atoms with Crippen LogP contribution in [0.25, 0.3) is 0 Å². The minimum absolute atomic E-state index is 0.0442. The average molecular weight is 273 g/mol. The van der Waals surface area contributed by atoms with Crippen LogP contribution in [0.1, 0.15) is 59.3 Å². The van der Waals surface area contributed by atoms with E-state index in [1.165, 1.54) is 32.8 Å². The Balaban J connectivity index is 3.88. The second-order valence-corrected chi connectivity index (χ2v) is 5.37. The average Bonchev–Trinajstić information content (AvgIpc) is 2.41. The molecule has 0 aliphatic carbocycles. The summed E-state index contributed by atoms with van der Waals surface area (Å²) in [5, 5.41) is 3.02. The first-order chi connectivity index (χ1) is 9.00. The maximum Gasteiger partial charge on any atom is 0.325 e. The Morgan fingerprint density at radius 3 is 2.42 bits per heavy atom. The van der Waals surface area contributed by atoms with Crippen LogP contribution in [-0.2, 0) is 14.3 Å². The maximum atomic E-state index is 11.7. The first-order valence-corrected chi connectivity index (χ1v) is 7.39. The highest BCUT2D eigenvalue weighted by atomic mass is 16.5. The SMILES string of the molecule is CCCCCCCOC(C)CC(C)(NC)C(=O)OC. The number of hydrogen-bond donors (Lipinski definition) is 1. The van der Waals surface area contributed by atoms with Crippen LogP contribution in [-0.4, -0.2) is 38.4 Å².